The average molecular weight is 492 g/mol. The molecule has 1 fully saturated rings. The van der Waals surface area contributed by atoms with E-state index in [9.17, 15) is 18.4 Å². The van der Waals surface area contributed by atoms with Gasteiger partial charge in [-0.1, -0.05) is 12.1 Å². The number of pyridine rings is 1. The fourth-order valence-corrected chi connectivity index (χ4v) is 4.92. The highest BCUT2D eigenvalue weighted by molar-refractivity contribution is 5.95. The summed E-state index contributed by atoms with van der Waals surface area (Å²) in [4.78, 5) is 33.9. The minimum absolute atomic E-state index is 0.00234. The maximum atomic E-state index is 14.6. The van der Waals surface area contributed by atoms with Gasteiger partial charge in [-0.05, 0) is 86.1 Å². The van der Waals surface area contributed by atoms with E-state index in [1.54, 1.807) is 30.3 Å². The minimum atomic E-state index is -0.634. The average Bonchev–Trinajstić information content (AvgIpc) is 2.89. The van der Waals surface area contributed by atoms with Gasteiger partial charge >= 0.3 is 0 Å². The van der Waals surface area contributed by atoms with Gasteiger partial charge in [0, 0.05) is 50.2 Å². The number of carbonyl (C=O) groups is 2. The van der Waals surface area contributed by atoms with Gasteiger partial charge in [0.05, 0.1) is 5.56 Å². The quantitative estimate of drug-likeness (QED) is 0.476. The summed E-state index contributed by atoms with van der Waals surface area (Å²) in [7, 11) is 1.72. The Morgan fingerprint density at radius 2 is 1.78 bits per heavy atom. The molecule has 0 aliphatic carbocycles. The lowest BCUT2D eigenvalue weighted by Gasteiger charge is -2.40. The van der Waals surface area contributed by atoms with Crippen LogP contribution in [0, 0.1) is 31.4 Å². The summed E-state index contributed by atoms with van der Waals surface area (Å²) in [6.45, 7) is 5.11. The van der Waals surface area contributed by atoms with E-state index in [0.29, 0.717) is 42.6 Å². The summed E-state index contributed by atoms with van der Waals surface area (Å²) in [5, 5.41) is 0. The highest BCUT2D eigenvalue weighted by Gasteiger charge is 2.34. The van der Waals surface area contributed by atoms with Crippen LogP contribution in [-0.2, 0) is 6.42 Å². The van der Waals surface area contributed by atoms with E-state index < -0.39 is 11.6 Å². The van der Waals surface area contributed by atoms with Gasteiger partial charge in [-0.15, -0.1) is 0 Å². The maximum absolute atomic E-state index is 14.6. The molecule has 1 unspecified atom stereocenters. The van der Waals surface area contributed by atoms with Crippen LogP contribution < -0.4 is 0 Å². The van der Waals surface area contributed by atoms with Crippen LogP contribution in [0.5, 0.6) is 0 Å². The van der Waals surface area contributed by atoms with Crippen molar-refractivity contribution in [2.45, 2.75) is 39.2 Å². The van der Waals surface area contributed by atoms with Gasteiger partial charge in [0.2, 0.25) is 0 Å². The molecule has 188 valence electrons. The molecule has 36 heavy (non-hydrogen) atoms. The molecule has 0 radical (unpaired) electrons. The topological polar surface area (TPSA) is 53.5 Å². The molecule has 5 nitrogen and oxygen atoms in total. The minimum Gasteiger partial charge on any atom is -0.339 e. The fourth-order valence-electron chi connectivity index (χ4n) is 4.92. The second kappa shape index (κ2) is 11.0. The summed E-state index contributed by atoms with van der Waals surface area (Å²) >= 11 is 0. The third kappa shape index (κ3) is 5.61. The maximum Gasteiger partial charge on any atom is 0.255 e. The predicted molar refractivity (Wildman–Crippen MR) is 135 cm³/mol. The Balaban J connectivity index is 1.53. The Hall–Kier alpha value is -3.61. The largest absolute Gasteiger partial charge is 0.339 e. The van der Waals surface area contributed by atoms with Crippen molar-refractivity contribution in [2.24, 2.45) is 5.92 Å². The Morgan fingerprint density at radius 1 is 1.03 bits per heavy atom. The second-order valence-corrected chi connectivity index (χ2v) is 9.59. The Bertz CT molecular complexity index is 1240. The molecule has 1 atom stereocenters. The molecule has 7 heteroatoms. The number of aromatic nitrogens is 1. The number of amides is 2. The zero-order valence-electron chi connectivity index (χ0n) is 20.9. The molecular formula is C29H31F2N3O2. The second-order valence-electron chi connectivity index (χ2n) is 9.59. The van der Waals surface area contributed by atoms with Crippen molar-refractivity contribution in [3.8, 4) is 0 Å². The van der Waals surface area contributed by atoms with Crippen LogP contribution in [0.2, 0.25) is 0 Å². The van der Waals surface area contributed by atoms with E-state index in [-0.39, 0.29) is 30.2 Å². The number of hydrogen-bond donors (Lipinski definition) is 0. The van der Waals surface area contributed by atoms with Crippen molar-refractivity contribution in [2.75, 3.05) is 20.1 Å². The predicted octanol–water partition coefficient (Wildman–Crippen LogP) is 5.21. The number of rotatable bonds is 6. The van der Waals surface area contributed by atoms with E-state index >= 15 is 0 Å². The van der Waals surface area contributed by atoms with Crippen molar-refractivity contribution in [3.05, 3.63) is 100 Å². The van der Waals surface area contributed by atoms with Crippen LogP contribution in [0.25, 0.3) is 0 Å². The van der Waals surface area contributed by atoms with Gasteiger partial charge in [-0.2, -0.15) is 0 Å². The SMILES string of the molecule is Cc1ccc(C(=O)N2CCC(C(Cc3ccc(F)cc3F)N(C)C(=O)c3cccnc3)CC2)cc1C. The number of carbonyl (C=O) groups excluding carboxylic acids is 2. The number of benzene rings is 2. The van der Waals surface area contributed by atoms with Gasteiger partial charge in [-0.3, -0.25) is 14.6 Å². The van der Waals surface area contributed by atoms with Crippen molar-refractivity contribution < 1.29 is 18.4 Å². The van der Waals surface area contributed by atoms with E-state index in [4.69, 9.17) is 0 Å². The van der Waals surface area contributed by atoms with E-state index in [1.165, 1.54) is 18.3 Å². The Morgan fingerprint density at radius 3 is 2.42 bits per heavy atom. The molecule has 0 spiro atoms. The van der Waals surface area contributed by atoms with Crippen LogP contribution in [0.1, 0.15) is 50.2 Å². The molecule has 0 bridgehead atoms. The first-order valence-corrected chi connectivity index (χ1v) is 12.2. The molecule has 3 aromatic rings. The van der Waals surface area contributed by atoms with E-state index in [0.717, 1.165) is 17.2 Å². The summed E-state index contributed by atoms with van der Waals surface area (Å²) < 4.78 is 28.1. The summed E-state index contributed by atoms with van der Waals surface area (Å²) in [6.07, 6.45) is 4.72. The van der Waals surface area contributed by atoms with Crippen LogP contribution in [-0.4, -0.2) is 52.8 Å². The molecule has 1 aliphatic rings. The Labute approximate surface area is 210 Å². The third-order valence-corrected chi connectivity index (χ3v) is 7.30. The highest BCUT2D eigenvalue weighted by Crippen LogP contribution is 2.29. The molecule has 0 saturated carbocycles. The number of piperidine rings is 1. The van der Waals surface area contributed by atoms with Crippen LogP contribution >= 0.6 is 0 Å². The highest BCUT2D eigenvalue weighted by atomic mass is 19.1. The third-order valence-electron chi connectivity index (χ3n) is 7.30. The number of halogens is 2. The van der Waals surface area contributed by atoms with Crippen LogP contribution in [0.3, 0.4) is 0 Å². The van der Waals surface area contributed by atoms with E-state index in [1.807, 2.05) is 36.9 Å². The Kier molecular flexibility index (Phi) is 7.77. The van der Waals surface area contributed by atoms with Crippen LogP contribution in [0.4, 0.5) is 8.78 Å². The summed E-state index contributed by atoms with van der Waals surface area (Å²) in [5.41, 5.74) is 3.70. The first kappa shape index (κ1) is 25.5. The van der Waals surface area contributed by atoms with E-state index in [2.05, 4.69) is 4.98 Å². The van der Waals surface area contributed by atoms with Gasteiger partial charge in [0.25, 0.3) is 11.8 Å². The molecule has 2 amide bonds. The smallest absolute Gasteiger partial charge is 0.255 e. The van der Waals surface area contributed by atoms with Crippen molar-refractivity contribution in [1.29, 1.82) is 0 Å². The molecule has 2 heterocycles. The van der Waals surface area contributed by atoms with Crippen molar-refractivity contribution >= 4 is 11.8 Å². The summed E-state index contributed by atoms with van der Waals surface area (Å²) in [6, 6.07) is 12.4. The first-order valence-electron chi connectivity index (χ1n) is 12.2. The normalized spacial score (nSPS) is 15.0. The molecule has 4 rings (SSSR count). The standard InChI is InChI=1S/C29H31F2N3O2/c1-19-6-7-23(15-20(19)2)29(36)34-13-10-21(11-14-34)27(16-22-8-9-25(30)17-26(22)31)33(3)28(35)24-5-4-12-32-18-24/h4-9,12,15,17-18,21,27H,10-11,13-14,16H2,1-3H3. The zero-order valence-corrected chi connectivity index (χ0v) is 20.9. The monoisotopic (exact) mass is 491 g/mol. The fraction of sp³-hybridized carbons (Fsp3) is 0.345. The zero-order chi connectivity index (χ0) is 25.8. The lowest BCUT2D eigenvalue weighted by atomic mass is 9.84. The summed E-state index contributed by atoms with van der Waals surface area (Å²) in [5.74, 6) is -1.42. The molecule has 1 saturated heterocycles. The molecule has 1 aromatic heterocycles. The number of likely N-dealkylation sites (N-methyl/N-ethyl adjacent to an activating group) is 1. The van der Waals surface area contributed by atoms with Crippen LogP contribution in [0.15, 0.2) is 60.9 Å². The lowest BCUT2D eigenvalue weighted by Crippen LogP contribution is -2.48. The van der Waals surface area contributed by atoms with Gasteiger partial charge in [-0.25, -0.2) is 8.78 Å². The number of aryl methyl sites for hydroxylation is 2. The lowest BCUT2D eigenvalue weighted by molar-refractivity contribution is 0.0521. The molecular weight excluding hydrogens is 460 g/mol. The number of likely N-dealkylation sites (tertiary alicyclic amines) is 1. The number of hydrogen-bond acceptors (Lipinski definition) is 3. The molecule has 0 N–H and O–H groups in total. The van der Waals surface area contributed by atoms with Gasteiger partial charge in [0.15, 0.2) is 0 Å². The van der Waals surface area contributed by atoms with Gasteiger partial charge < -0.3 is 9.80 Å². The van der Waals surface area contributed by atoms with Crippen molar-refractivity contribution in [1.82, 2.24) is 14.8 Å². The number of nitrogens with zero attached hydrogens (tertiary/aromatic N) is 3. The van der Waals surface area contributed by atoms with Gasteiger partial charge in [0.1, 0.15) is 11.6 Å². The molecule has 2 aromatic carbocycles. The van der Waals surface area contributed by atoms with Crippen molar-refractivity contribution in [3.63, 3.8) is 0 Å². The first-order chi connectivity index (χ1) is 17.2. The molecule has 1 aliphatic heterocycles.